The second-order valence-corrected chi connectivity index (χ2v) is 5.37. The molecule has 1 aliphatic heterocycles. The minimum Gasteiger partial charge on any atom is -0.492 e. The van der Waals surface area contributed by atoms with Gasteiger partial charge in [-0.3, -0.25) is 0 Å². The van der Waals surface area contributed by atoms with Crippen LogP contribution in [0, 0.1) is 0 Å². The van der Waals surface area contributed by atoms with Gasteiger partial charge in [0.1, 0.15) is 12.4 Å². The summed E-state index contributed by atoms with van der Waals surface area (Å²) in [4.78, 5) is 6.61. The highest BCUT2D eigenvalue weighted by Gasteiger charge is 2.22. The van der Waals surface area contributed by atoms with Gasteiger partial charge in [0.05, 0.1) is 12.6 Å². The van der Waals surface area contributed by atoms with Crippen LogP contribution in [0.3, 0.4) is 0 Å². The molecule has 22 heavy (non-hydrogen) atoms. The van der Waals surface area contributed by atoms with E-state index in [0.29, 0.717) is 24.7 Å². The number of likely N-dealkylation sites (tertiary alicyclic amines) is 1. The van der Waals surface area contributed by atoms with E-state index in [1.54, 1.807) is 6.07 Å². The van der Waals surface area contributed by atoms with Gasteiger partial charge in [-0.2, -0.15) is 0 Å². The van der Waals surface area contributed by atoms with Crippen LogP contribution in [0.5, 0.6) is 5.75 Å². The normalized spacial score (nSPS) is 18.0. The van der Waals surface area contributed by atoms with E-state index < -0.39 is 0 Å². The lowest BCUT2D eigenvalue weighted by atomic mass is 10.3. The van der Waals surface area contributed by atoms with Gasteiger partial charge in [0.25, 0.3) is 0 Å². The molecule has 1 fully saturated rings. The lowest BCUT2D eigenvalue weighted by Gasteiger charge is -2.20. The van der Waals surface area contributed by atoms with E-state index >= 15 is 0 Å². The average molecular weight is 440 g/mol. The quantitative estimate of drug-likeness (QED) is 0.320. The summed E-state index contributed by atoms with van der Waals surface area (Å²) in [5.74, 6) is 1.59. The van der Waals surface area contributed by atoms with Gasteiger partial charge in [0, 0.05) is 24.7 Å². The van der Waals surface area contributed by atoms with Gasteiger partial charge in [-0.05, 0) is 31.5 Å². The van der Waals surface area contributed by atoms with Gasteiger partial charge in [-0.25, -0.2) is 4.99 Å². The summed E-state index contributed by atoms with van der Waals surface area (Å²) < 4.78 is 5.61. The highest BCUT2D eigenvalue weighted by atomic mass is 127. The molecule has 1 aromatic carbocycles. The number of nitrogens with one attached hydrogen (secondary N) is 1. The van der Waals surface area contributed by atoms with Gasteiger partial charge >= 0.3 is 0 Å². The molecule has 0 amide bonds. The molecule has 1 saturated heterocycles. The van der Waals surface area contributed by atoms with Crippen LogP contribution >= 0.6 is 35.6 Å². The van der Waals surface area contributed by atoms with Crippen LogP contribution in [0.15, 0.2) is 29.3 Å². The van der Waals surface area contributed by atoms with Gasteiger partial charge in [0.2, 0.25) is 0 Å². The zero-order chi connectivity index (χ0) is 15.1. The third-order valence-corrected chi connectivity index (χ3v) is 3.45. The van der Waals surface area contributed by atoms with Crippen molar-refractivity contribution in [3.05, 3.63) is 29.3 Å². The first-order valence-corrected chi connectivity index (χ1v) is 7.66. The molecular weight excluding hydrogens is 417 g/mol. The monoisotopic (exact) mass is 439 g/mol. The first-order valence-electron chi connectivity index (χ1n) is 7.28. The first-order chi connectivity index (χ1) is 10.2. The summed E-state index contributed by atoms with van der Waals surface area (Å²) in [5, 5.41) is 13.5. The highest BCUT2D eigenvalue weighted by molar-refractivity contribution is 14.0. The van der Waals surface area contributed by atoms with Crippen LogP contribution in [0.25, 0.3) is 0 Å². The number of hydrogen-bond donors (Lipinski definition) is 2. The lowest BCUT2D eigenvalue weighted by Crippen LogP contribution is -2.40. The Hall–Kier alpha value is -0.730. The number of aliphatic imine (C=N–C) groups is 1. The Balaban J connectivity index is 0.00000242. The first kappa shape index (κ1) is 19.3. The van der Waals surface area contributed by atoms with E-state index in [1.165, 1.54) is 0 Å². The van der Waals surface area contributed by atoms with Gasteiger partial charge < -0.3 is 20.1 Å². The maximum Gasteiger partial charge on any atom is 0.194 e. The molecule has 0 aliphatic carbocycles. The second kappa shape index (κ2) is 10.1. The number of ether oxygens (including phenoxy) is 1. The SMILES string of the molecule is CCNC(=NCCOc1cccc(Cl)c1)N1CC[C@@H](O)C1.I. The Bertz CT molecular complexity index is 488. The van der Waals surface area contributed by atoms with Crippen molar-refractivity contribution in [1.29, 1.82) is 0 Å². The Morgan fingerprint density at radius 2 is 2.36 bits per heavy atom. The standard InChI is InChI=1S/C15H22ClN3O2.HI/c1-2-17-15(19-8-6-13(20)11-19)18-7-9-21-14-5-3-4-12(16)10-14;/h3-5,10,13,20H,2,6-9,11H2,1H3,(H,17,18);1H/t13-;/m1./s1. The van der Waals surface area contributed by atoms with Crippen molar-refractivity contribution in [2.75, 3.05) is 32.8 Å². The molecule has 0 spiro atoms. The molecule has 5 nitrogen and oxygen atoms in total. The molecular formula is C15H23ClIN3O2. The molecule has 2 N–H and O–H groups in total. The number of rotatable bonds is 5. The second-order valence-electron chi connectivity index (χ2n) is 4.93. The van der Waals surface area contributed by atoms with Crippen LogP contribution < -0.4 is 10.1 Å². The number of nitrogens with zero attached hydrogens (tertiary/aromatic N) is 2. The number of halogens is 2. The fraction of sp³-hybridized carbons (Fsp3) is 0.533. The van der Waals surface area contributed by atoms with Crippen LogP contribution in [0.4, 0.5) is 0 Å². The maximum absolute atomic E-state index is 9.60. The molecule has 0 saturated carbocycles. The van der Waals surface area contributed by atoms with Crippen LogP contribution in [-0.2, 0) is 0 Å². The van der Waals surface area contributed by atoms with E-state index in [9.17, 15) is 5.11 Å². The number of aliphatic hydroxyl groups is 1. The van der Waals surface area contributed by atoms with E-state index in [-0.39, 0.29) is 30.1 Å². The molecule has 0 aromatic heterocycles. The minimum atomic E-state index is -0.253. The van der Waals surface area contributed by atoms with E-state index in [1.807, 2.05) is 25.1 Å². The summed E-state index contributed by atoms with van der Waals surface area (Å²) in [6.45, 7) is 5.36. The largest absolute Gasteiger partial charge is 0.492 e. The smallest absolute Gasteiger partial charge is 0.194 e. The van der Waals surface area contributed by atoms with Gasteiger partial charge in [-0.15, -0.1) is 24.0 Å². The van der Waals surface area contributed by atoms with Crippen molar-refractivity contribution in [1.82, 2.24) is 10.2 Å². The van der Waals surface area contributed by atoms with Crippen molar-refractivity contribution in [2.24, 2.45) is 4.99 Å². The average Bonchev–Trinajstić information content (AvgIpc) is 2.89. The fourth-order valence-electron chi connectivity index (χ4n) is 2.23. The summed E-state index contributed by atoms with van der Waals surface area (Å²) in [6.07, 6.45) is 0.542. The lowest BCUT2D eigenvalue weighted by molar-refractivity contribution is 0.187. The number of β-amino-alcohol motifs (C(OH)–C–C–N with tert-alkyl or cyclic N) is 1. The van der Waals surface area contributed by atoms with E-state index in [4.69, 9.17) is 16.3 Å². The van der Waals surface area contributed by atoms with Crippen molar-refractivity contribution in [2.45, 2.75) is 19.4 Å². The van der Waals surface area contributed by atoms with Gasteiger partial charge in [-0.1, -0.05) is 17.7 Å². The summed E-state index contributed by atoms with van der Waals surface area (Å²) in [6, 6.07) is 7.33. The molecule has 0 radical (unpaired) electrons. The molecule has 1 aromatic rings. The predicted molar refractivity (Wildman–Crippen MR) is 101 cm³/mol. The van der Waals surface area contributed by atoms with E-state index in [0.717, 1.165) is 31.2 Å². The molecule has 1 heterocycles. The van der Waals surface area contributed by atoms with Crippen LogP contribution in [-0.4, -0.2) is 54.9 Å². The van der Waals surface area contributed by atoms with Crippen molar-refractivity contribution in [3.63, 3.8) is 0 Å². The van der Waals surface area contributed by atoms with Crippen molar-refractivity contribution < 1.29 is 9.84 Å². The fourth-order valence-corrected chi connectivity index (χ4v) is 2.41. The summed E-state index contributed by atoms with van der Waals surface area (Å²) in [7, 11) is 0. The topological polar surface area (TPSA) is 57.1 Å². The molecule has 0 unspecified atom stereocenters. The maximum atomic E-state index is 9.60. The Kier molecular flexibility index (Phi) is 8.89. The molecule has 0 bridgehead atoms. The third-order valence-electron chi connectivity index (χ3n) is 3.22. The Morgan fingerprint density at radius 1 is 1.55 bits per heavy atom. The van der Waals surface area contributed by atoms with Crippen LogP contribution in [0.2, 0.25) is 5.02 Å². The third kappa shape index (κ3) is 6.18. The molecule has 1 aliphatic rings. The number of benzene rings is 1. The molecule has 7 heteroatoms. The Labute approximate surface area is 153 Å². The number of hydrogen-bond acceptors (Lipinski definition) is 3. The molecule has 2 rings (SSSR count). The van der Waals surface area contributed by atoms with Gasteiger partial charge in [0.15, 0.2) is 5.96 Å². The summed E-state index contributed by atoms with van der Waals surface area (Å²) >= 11 is 5.90. The molecule has 124 valence electrons. The Morgan fingerprint density at radius 3 is 3.00 bits per heavy atom. The summed E-state index contributed by atoms with van der Waals surface area (Å²) in [5.41, 5.74) is 0. The highest BCUT2D eigenvalue weighted by Crippen LogP contribution is 2.16. The van der Waals surface area contributed by atoms with Crippen molar-refractivity contribution in [3.8, 4) is 5.75 Å². The number of guanidine groups is 1. The minimum absolute atomic E-state index is 0. The predicted octanol–water partition coefficient (Wildman–Crippen LogP) is 2.37. The number of aliphatic hydroxyl groups excluding tert-OH is 1. The van der Waals surface area contributed by atoms with E-state index in [2.05, 4.69) is 15.2 Å². The molecule has 1 atom stereocenters. The zero-order valence-electron chi connectivity index (χ0n) is 12.7. The van der Waals surface area contributed by atoms with Crippen LogP contribution in [0.1, 0.15) is 13.3 Å². The van der Waals surface area contributed by atoms with Crippen molar-refractivity contribution >= 4 is 41.5 Å². The zero-order valence-corrected chi connectivity index (χ0v) is 15.8.